The van der Waals surface area contributed by atoms with Crippen molar-refractivity contribution >= 4 is 6.09 Å². The Bertz CT molecular complexity index is 418. The second-order valence-corrected chi connectivity index (χ2v) is 3.41. The van der Waals surface area contributed by atoms with E-state index in [0.29, 0.717) is 0 Å². The minimum Gasteiger partial charge on any atom is -0.465 e. The van der Waals surface area contributed by atoms with E-state index in [9.17, 15) is 26.7 Å². The fraction of sp³-hybridized carbons (Fsp3) is 0.300. The maximum atomic E-state index is 13.2. The maximum absolute atomic E-state index is 13.2. The van der Waals surface area contributed by atoms with E-state index < -0.39 is 29.8 Å². The van der Waals surface area contributed by atoms with Crippen LogP contribution in [-0.4, -0.2) is 23.3 Å². The number of amides is 1. The summed E-state index contributed by atoms with van der Waals surface area (Å²) >= 11 is 0. The van der Waals surface area contributed by atoms with Gasteiger partial charge in [0.2, 0.25) is 0 Å². The Balaban J connectivity index is 3.18. The van der Waals surface area contributed by atoms with E-state index in [-0.39, 0.29) is 0 Å². The molecule has 2 N–H and O–H groups in total. The van der Waals surface area contributed by atoms with E-state index in [2.05, 4.69) is 0 Å². The topological polar surface area (TPSA) is 49.3 Å². The lowest BCUT2D eigenvalue weighted by molar-refractivity contribution is -0.293. The SMILES string of the molecule is O=C(O)NC(c1ccccc1)C(F)(F)C(F)(F)F. The largest absolute Gasteiger partial charge is 0.465 e. The van der Waals surface area contributed by atoms with Gasteiger partial charge in [0.15, 0.2) is 0 Å². The van der Waals surface area contributed by atoms with Gasteiger partial charge < -0.3 is 10.4 Å². The molecule has 0 radical (unpaired) electrons. The molecule has 8 heteroatoms. The molecule has 100 valence electrons. The number of benzene rings is 1. The second kappa shape index (κ2) is 4.79. The Hall–Kier alpha value is -1.86. The van der Waals surface area contributed by atoms with Crippen LogP contribution in [0.3, 0.4) is 0 Å². The average molecular weight is 269 g/mol. The summed E-state index contributed by atoms with van der Waals surface area (Å²) in [5.74, 6) is -5.20. The predicted molar refractivity (Wildman–Crippen MR) is 51.3 cm³/mol. The Morgan fingerprint density at radius 2 is 1.61 bits per heavy atom. The van der Waals surface area contributed by atoms with E-state index in [1.54, 1.807) is 0 Å². The minimum atomic E-state index is -5.85. The summed E-state index contributed by atoms with van der Waals surface area (Å²) in [6, 6.07) is 3.17. The predicted octanol–water partition coefficient (Wildman–Crippen LogP) is 3.19. The van der Waals surface area contributed by atoms with Gasteiger partial charge in [-0.2, -0.15) is 22.0 Å². The smallest absolute Gasteiger partial charge is 0.455 e. The lowest BCUT2D eigenvalue weighted by atomic mass is 10.0. The third-order valence-electron chi connectivity index (χ3n) is 2.14. The molecule has 0 heterocycles. The highest BCUT2D eigenvalue weighted by molar-refractivity contribution is 5.65. The van der Waals surface area contributed by atoms with Gasteiger partial charge in [0.1, 0.15) is 6.04 Å². The van der Waals surface area contributed by atoms with Gasteiger partial charge in [0, 0.05) is 0 Å². The standard InChI is InChI=1S/C10H8F5NO2/c11-9(12,10(13,14)15)7(16-8(17)18)6-4-2-1-3-5-6/h1-5,7,16H,(H,17,18). The lowest BCUT2D eigenvalue weighted by Gasteiger charge is -2.28. The molecule has 0 aliphatic heterocycles. The van der Waals surface area contributed by atoms with Crippen LogP contribution in [0.4, 0.5) is 26.7 Å². The van der Waals surface area contributed by atoms with Gasteiger partial charge >= 0.3 is 18.2 Å². The molecule has 1 amide bonds. The first kappa shape index (κ1) is 14.2. The number of alkyl halides is 5. The monoisotopic (exact) mass is 269 g/mol. The quantitative estimate of drug-likeness (QED) is 0.828. The molecule has 1 rings (SSSR count). The van der Waals surface area contributed by atoms with Crippen LogP contribution in [-0.2, 0) is 0 Å². The van der Waals surface area contributed by atoms with Crippen molar-refractivity contribution in [1.82, 2.24) is 5.32 Å². The van der Waals surface area contributed by atoms with Crippen LogP contribution in [0.5, 0.6) is 0 Å². The van der Waals surface area contributed by atoms with Crippen LogP contribution in [0.2, 0.25) is 0 Å². The highest BCUT2D eigenvalue weighted by atomic mass is 19.4. The first-order valence-electron chi connectivity index (χ1n) is 4.65. The van der Waals surface area contributed by atoms with Crippen LogP contribution < -0.4 is 5.32 Å². The van der Waals surface area contributed by atoms with Gasteiger partial charge in [-0.05, 0) is 5.56 Å². The van der Waals surface area contributed by atoms with Crippen molar-refractivity contribution in [1.29, 1.82) is 0 Å². The number of rotatable bonds is 3. The van der Waals surface area contributed by atoms with Crippen molar-refractivity contribution in [2.75, 3.05) is 0 Å². The molecule has 0 aliphatic rings. The Morgan fingerprint density at radius 1 is 1.11 bits per heavy atom. The molecule has 1 atom stereocenters. The summed E-state index contributed by atoms with van der Waals surface area (Å²) in [5.41, 5.74) is -0.470. The van der Waals surface area contributed by atoms with Crippen molar-refractivity contribution in [2.24, 2.45) is 0 Å². The minimum absolute atomic E-state index is 0.470. The molecule has 0 saturated carbocycles. The fourth-order valence-electron chi connectivity index (χ4n) is 1.32. The maximum Gasteiger partial charge on any atom is 0.455 e. The Morgan fingerprint density at radius 3 is 2.00 bits per heavy atom. The lowest BCUT2D eigenvalue weighted by Crippen LogP contribution is -2.49. The molecule has 1 aromatic rings. The van der Waals surface area contributed by atoms with Crippen LogP contribution in [0.1, 0.15) is 11.6 Å². The normalized spacial score (nSPS) is 14.1. The van der Waals surface area contributed by atoms with Crippen molar-refractivity contribution in [3.8, 4) is 0 Å². The molecule has 18 heavy (non-hydrogen) atoms. The summed E-state index contributed by atoms with van der Waals surface area (Å²) in [5, 5.41) is 9.55. The molecule has 0 aromatic heterocycles. The molecule has 0 saturated heterocycles. The van der Waals surface area contributed by atoms with Gasteiger partial charge in [-0.25, -0.2) is 4.79 Å². The average Bonchev–Trinajstić information content (AvgIpc) is 2.25. The van der Waals surface area contributed by atoms with Crippen LogP contribution >= 0.6 is 0 Å². The summed E-state index contributed by atoms with van der Waals surface area (Å²) in [6.07, 6.45) is -7.82. The molecule has 0 spiro atoms. The highest BCUT2D eigenvalue weighted by Gasteiger charge is 2.63. The van der Waals surface area contributed by atoms with Crippen LogP contribution in [0.25, 0.3) is 0 Å². The molecule has 3 nitrogen and oxygen atoms in total. The van der Waals surface area contributed by atoms with E-state index in [1.807, 2.05) is 0 Å². The number of carbonyl (C=O) groups is 1. The third kappa shape index (κ3) is 2.88. The first-order chi connectivity index (χ1) is 8.16. The number of hydrogen-bond donors (Lipinski definition) is 2. The van der Waals surface area contributed by atoms with Crippen molar-refractivity contribution < 1.29 is 31.9 Å². The molecule has 0 fully saturated rings. The first-order valence-corrected chi connectivity index (χ1v) is 4.65. The zero-order valence-electron chi connectivity index (χ0n) is 8.71. The van der Waals surface area contributed by atoms with Gasteiger partial charge in [-0.3, -0.25) is 0 Å². The van der Waals surface area contributed by atoms with Gasteiger partial charge in [0.25, 0.3) is 0 Å². The fourth-order valence-corrected chi connectivity index (χ4v) is 1.32. The summed E-state index contributed by atoms with van der Waals surface area (Å²) in [4.78, 5) is 10.3. The molecular weight excluding hydrogens is 261 g/mol. The number of hydrogen-bond acceptors (Lipinski definition) is 1. The van der Waals surface area contributed by atoms with Crippen molar-refractivity contribution in [3.63, 3.8) is 0 Å². The van der Waals surface area contributed by atoms with E-state index in [4.69, 9.17) is 5.11 Å². The number of halogens is 5. The van der Waals surface area contributed by atoms with E-state index in [0.717, 1.165) is 12.1 Å². The number of carboxylic acid groups (broad SMARTS) is 1. The highest BCUT2D eigenvalue weighted by Crippen LogP contribution is 2.44. The van der Waals surface area contributed by atoms with Crippen LogP contribution in [0, 0.1) is 0 Å². The molecule has 0 bridgehead atoms. The third-order valence-corrected chi connectivity index (χ3v) is 2.14. The summed E-state index contributed by atoms with van der Waals surface area (Å²) in [7, 11) is 0. The van der Waals surface area contributed by atoms with Crippen LogP contribution in [0.15, 0.2) is 30.3 Å². The summed E-state index contributed by atoms with van der Waals surface area (Å²) < 4.78 is 63.1. The van der Waals surface area contributed by atoms with E-state index >= 15 is 0 Å². The van der Waals surface area contributed by atoms with Crippen molar-refractivity contribution in [2.45, 2.75) is 18.1 Å². The zero-order chi connectivity index (χ0) is 14.0. The molecule has 1 aromatic carbocycles. The molecule has 1 unspecified atom stereocenters. The second-order valence-electron chi connectivity index (χ2n) is 3.41. The van der Waals surface area contributed by atoms with Gasteiger partial charge in [-0.15, -0.1) is 0 Å². The molecular formula is C10H8F5NO2. The Kier molecular flexibility index (Phi) is 3.78. The van der Waals surface area contributed by atoms with Gasteiger partial charge in [-0.1, -0.05) is 30.3 Å². The number of nitrogens with one attached hydrogen (secondary N) is 1. The molecule has 0 aliphatic carbocycles. The zero-order valence-corrected chi connectivity index (χ0v) is 8.71. The van der Waals surface area contributed by atoms with Gasteiger partial charge in [0.05, 0.1) is 0 Å². The van der Waals surface area contributed by atoms with E-state index in [1.165, 1.54) is 23.5 Å². The summed E-state index contributed by atoms with van der Waals surface area (Å²) in [6.45, 7) is 0. The van der Waals surface area contributed by atoms with Crippen molar-refractivity contribution in [3.05, 3.63) is 35.9 Å². The Labute approximate surface area is 98.2 Å².